The van der Waals surface area contributed by atoms with Gasteiger partial charge in [-0.1, -0.05) is 12.1 Å². The third-order valence-electron chi connectivity index (χ3n) is 3.61. The summed E-state index contributed by atoms with van der Waals surface area (Å²) in [7, 11) is 0. The first-order valence-electron chi connectivity index (χ1n) is 7.73. The number of nitrogens with zero attached hydrogens (tertiary/aromatic N) is 4. The van der Waals surface area contributed by atoms with Crippen LogP contribution in [0.4, 0.5) is 10.5 Å². The van der Waals surface area contributed by atoms with E-state index in [1.807, 2.05) is 37.3 Å². The highest BCUT2D eigenvalue weighted by Gasteiger charge is 2.13. The Kier molecular flexibility index (Phi) is 4.90. The Balaban J connectivity index is 1.64. The number of nitrogens with one attached hydrogen (secondary N) is 1. The fourth-order valence-corrected chi connectivity index (χ4v) is 2.38. The Labute approximate surface area is 139 Å². The second-order valence-electron chi connectivity index (χ2n) is 5.37. The molecule has 2 aromatic heterocycles. The van der Waals surface area contributed by atoms with Gasteiger partial charge in [0, 0.05) is 17.8 Å². The van der Waals surface area contributed by atoms with E-state index in [0.29, 0.717) is 19.6 Å². The number of rotatable bonds is 6. The molecule has 0 aliphatic carbocycles. The lowest BCUT2D eigenvalue weighted by atomic mass is 10.2. The minimum absolute atomic E-state index is 0.142. The molecule has 124 valence electrons. The van der Waals surface area contributed by atoms with Gasteiger partial charge in [0.25, 0.3) is 0 Å². The zero-order chi connectivity index (χ0) is 16.8. The molecule has 0 saturated carbocycles. The van der Waals surface area contributed by atoms with E-state index in [-0.39, 0.29) is 6.03 Å². The van der Waals surface area contributed by atoms with E-state index >= 15 is 0 Å². The smallest absolute Gasteiger partial charge is 0.322 e. The minimum atomic E-state index is -0.142. The number of carbonyl (C=O) groups is 1. The Bertz CT molecular complexity index is 768. The number of anilines is 1. The number of hydrogen-bond acceptors (Lipinski definition) is 4. The zero-order valence-corrected chi connectivity index (χ0v) is 13.4. The summed E-state index contributed by atoms with van der Waals surface area (Å²) in [4.78, 5) is 18.1. The molecule has 0 atom stereocenters. The first-order chi connectivity index (χ1) is 11.7. The topological polar surface area (TPSA) is 76.2 Å². The molecule has 0 spiro atoms. The van der Waals surface area contributed by atoms with Crippen molar-refractivity contribution < 1.29 is 9.21 Å². The highest BCUT2D eigenvalue weighted by molar-refractivity contribution is 5.89. The summed E-state index contributed by atoms with van der Waals surface area (Å²) in [6.07, 6.45) is 6.42. The van der Waals surface area contributed by atoms with Crippen LogP contribution in [-0.4, -0.2) is 32.2 Å². The van der Waals surface area contributed by atoms with Crippen molar-refractivity contribution in [3.05, 3.63) is 66.6 Å². The molecule has 0 radical (unpaired) electrons. The lowest BCUT2D eigenvalue weighted by Gasteiger charge is -2.21. The molecule has 1 N–H and O–H groups in total. The van der Waals surface area contributed by atoms with Crippen LogP contribution in [0.5, 0.6) is 0 Å². The largest absolute Gasteiger partial charge is 0.472 e. The molecule has 0 saturated heterocycles. The van der Waals surface area contributed by atoms with Gasteiger partial charge in [0.1, 0.15) is 12.7 Å². The van der Waals surface area contributed by atoms with Crippen molar-refractivity contribution in [2.45, 2.75) is 20.0 Å². The molecule has 3 aromatic rings. The first-order valence-corrected chi connectivity index (χ1v) is 7.73. The maximum Gasteiger partial charge on any atom is 0.322 e. The number of furan rings is 1. The Morgan fingerprint density at radius 1 is 1.33 bits per heavy atom. The van der Waals surface area contributed by atoms with E-state index in [1.54, 1.807) is 28.4 Å². The minimum Gasteiger partial charge on any atom is -0.472 e. The number of aromatic nitrogens is 3. The normalized spacial score (nSPS) is 10.5. The molecule has 2 amide bonds. The quantitative estimate of drug-likeness (QED) is 0.756. The highest BCUT2D eigenvalue weighted by Crippen LogP contribution is 2.13. The predicted octanol–water partition coefficient (Wildman–Crippen LogP) is 2.97. The van der Waals surface area contributed by atoms with Crippen molar-refractivity contribution in [1.82, 2.24) is 19.7 Å². The van der Waals surface area contributed by atoms with Gasteiger partial charge in [0.2, 0.25) is 0 Å². The van der Waals surface area contributed by atoms with Crippen LogP contribution in [0.15, 0.2) is 59.9 Å². The third-order valence-corrected chi connectivity index (χ3v) is 3.61. The van der Waals surface area contributed by atoms with Crippen LogP contribution in [-0.2, 0) is 13.1 Å². The molecule has 1 aromatic carbocycles. The molecule has 0 aliphatic heterocycles. The van der Waals surface area contributed by atoms with E-state index < -0.39 is 0 Å². The van der Waals surface area contributed by atoms with Gasteiger partial charge < -0.3 is 14.6 Å². The monoisotopic (exact) mass is 325 g/mol. The van der Waals surface area contributed by atoms with Gasteiger partial charge >= 0.3 is 6.03 Å². The fraction of sp³-hybridized carbons (Fsp3) is 0.235. The van der Waals surface area contributed by atoms with E-state index in [0.717, 1.165) is 16.8 Å². The van der Waals surface area contributed by atoms with Crippen molar-refractivity contribution in [3.8, 4) is 0 Å². The molecule has 0 aliphatic rings. The number of urea groups is 1. The van der Waals surface area contributed by atoms with Crippen LogP contribution in [0.25, 0.3) is 0 Å². The molecule has 0 bridgehead atoms. The van der Waals surface area contributed by atoms with Crippen molar-refractivity contribution in [2.75, 3.05) is 11.9 Å². The van der Waals surface area contributed by atoms with Gasteiger partial charge in [-0.15, -0.1) is 0 Å². The Hall–Kier alpha value is -3.09. The Morgan fingerprint density at radius 3 is 2.96 bits per heavy atom. The molecular weight excluding hydrogens is 306 g/mol. The first kappa shape index (κ1) is 15.8. The molecule has 3 rings (SSSR count). The van der Waals surface area contributed by atoms with E-state index in [1.165, 1.54) is 6.33 Å². The lowest BCUT2D eigenvalue weighted by molar-refractivity contribution is 0.212. The van der Waals surface area contributed by atoms with Crippen molar-refractivity contribution in [1.29, 1.82) is 0 Å². The van der Waals surface area contributed by atoms with Crippen LogP contribution in [0, 0.1) is 0 Å². The van der Waals surface area contributed by atoms with E-state index in [2.05, 4.69) is 15.4 Å². The number of benzene rings is 1. The summed E-state index contributed by atoms with van der Waals surface area (Å²) in [5.74, 6) is 0. The van der Waals surface area contributed by atoms with Gasteiger partial charge in [0.05, 0.1) is 25.6 Å². The van der Waals surface area contributed by atoms with Crippen LogP contribution in [0.3, 0.4) is 0 Å². The molecule has 7 nitrogen and oxygen atoms in total. The maximum atomic E-state index is 12.5. The number of hydrogen-bond donors (Lipinski definition) is 1. The lowest BCUT2D eigenvalue weighted by Crippen LogP contribution is -2.34. The van der Waals surface area contributed by atoms with Crippen molar-refractivity contribution >= 4 is 11.7 Å². The van der Waals surface area contributed by atoms with Crippen LogP contribution in [0.1, 0.15) is 18.1 Å². The number of carbonyl (C=O) groups excluding carboxylic acids is 1. The van der Waals surface area contributed by atoms with Crippen LogP contribution >= 0.6 is 0 Å². The third kappa shape index (κ3) is 4.01. The summed E-state index contributed by atoms with van der Waals surface area (Å²) in [5, 5.41) is 7.02. The average Bonchev–Trinajstić information content (AvgIpc) is 3.26. The summed E-state index contributed by atoms with van der Waals surface area (Å²) in [6.45, 7) is 3.67. The summed E-state index contributed by atoms with van der Waals surface area (Å²) >= 11 is 0. The molecule has 24 heavy (non-hydrogen) atoms. The van der Waals surface area contributed by atoms with E-state index in [4.69, 9.17) is 4.42 Å². The average molecular weight is 325 g/mol. The predicted molar refractivity (Wildman–Crippen MR) is 89.4 cm³/mol. The highest BCUT2D eigenvalue weighted by atomic mass is 16.3. The maximum absolute atomic E-state index is 12.5. The van der Waals surface area contributed by atoms with Gasteiger partial charge in [-0.05, 0) is 30.7 Å². The Morgan fingerprint density at radius 2 is 2.25 bits per heavy atom. The second-order valence-corrected chi connectivity index (χ2v) is 5.37. The van der Waals surface area contributed by atoms with Crippen LogP contribution < -0.4 is 5.32 Å². The van der Waals surface area contributed by atoms with Gasteiger partial charge in [-0.2, -0.15) is 5.10 Å². The summed E-state index contributed by atoms with van der Waals surface area (Å²) < 4.78 is 6.79. The fourth-order valence-electron chi connectivity index (χ4n) is 2.38. The van der Waals surface area contributed by atoms with Gasteiger partial charge in [-0.25, -0.2) is 14.5 Å². The summed E-state index contributed by atoms with van der Waals surface area (Å²) in [5.41, 5.74) is 2.76. The standard InChI is InChI=1S/C17H19N5O2/c1-2-21(9-15-6-7-24-11-15)17(23)20-16-5-3-4-14(8-16)10-22-13-18-12-19-22/h3-8,11-13H,2,9-10H2,1H3,(H,20,23). The molecular formula is C17H19N5O2. The van der Waals surface area contributed by atoms with Crippen molar-refractivity contribution in [2.24, 2.45) is 0 Å². The molecule has 0 fully saturated rings. The molecule has 7 heteroatoms. The van der Waals surface area contributed by atoms with Crippen molar-refractivity contribution in [3.63, 3.8) is 0 Å². The van der Waals surface area contributed by atoms with E-state index in [9.17, 15) is 4.79 Å². The van der Waals surface area contributed by atoms with Crippen LogP contribution in [0.2, 0.25) is 0 Å². The van der Waals surface area contributed by atoms with Gasteiger partial charge in [0.15, 0.2) is 0 Å². The molecule has 2 heterocycles. The molecule has 0 unspecified atom stereocenters. The number of amides is 2. The summed E-state index contributed by atoms with van der Waals surface area (Å²) in [6, 6.07) is 9.42. The van der Waals surface area contributed by atoms with Gasteiger partial charge in [-0.3, -0.25) is 0 Å². The second kappa shape index (κ2) is 7.45. The zero-order valence-electron chi connectivity index (χ0n) is 13.4. The SMILES string of the molecule is CCN(Cc1ccoc1)C(=O)Nc1cccc(Cn2cncn2)c1.